The van der Waals surface area contributed by atoms with Gasteiger partial charge in [-0.15, -0.1) is 11.3 Å². The van der Waals surface area contributed by atoms with Crippen LogP contribution in [-0.2, 0) is 16.0 Å². The van der Waals surface area contributed by atoms with Gasteiger partial charge in [0, 0.05) is 26.2 Å². The number of carbonyl (C=O) groups is 2. The molecular weight excluding hydrogens is 302 g/mol. The minimum atomic E-state index is -0.197. The average molecular weight is 325 g/mol. The molecule has 1 saturated heterocycles. The minimum absolute atomic E-state index is 0.0511. The highest BCUT2D eigenvalue weighted by Crippen LogP contribution is 2.17. The molecule has 0 atom stereocenters. The molecule has 1 aliphatic rings. The highest BCUT2D eigenvalue weighted by atomic mass is 32.1. The number of hydrogen-bond acceptors (Lipinski definition) is 6. The zero-order valence-electron chi connectivity index (χ0n) is 13.2. The van der Waals surface area contributed by atoms with Crippen molar-refractivity contribution in [3.8, 4) is 0 Å². The van der Waals surface area contributed by atoms with E-state index in [1.165, 1.54) is 11.3 Å². The van der Waals surface area contributed by atoms with Gasteiger partial charge in [0.25, 0.3) is 5.91 Å². The van der Waals surface area contributed by atoms with Gasteiger partial charge in [0.05, 0.1) is 24.4 Å². The van der Waals surface area contributed by atoms with E-state index in [1.807, 2.05) is 11.8 Å². The second kappa shape index (κ2) is 8.24. The van der Waals surface area contributed by atoms with Crippen molar-refractivity contribution in [2.45, 2.75) is 26.7 Å². The third-order valence-electron chi connectivity index (χ3n) is 3.60. The van der Waals surface area contributed by atoms with E-state index in [0.29, 0.717) is 31.1 Å². The number of thiazole rings is 1. The largest absolute Gasteiger partial charge is 0.465 e. The summed E-state index contributed by atoms with van der Waals surface area (Å²) in [5.74, 6) is -0.146. The Kier molecular flexibility index (Phi) is 6.33. The molecule has 1 amide bonds. The number of rotatable bonds is 5. The summed E-state index contributed by atoms with van der Waals surface area (Å²) >= 11 is 1.47. The van der Waals surface area contributed by atoms with Crippen LogP contribution in [-0.4, -0.2) is 66.0 Å². The Morgan fingerprint density at radius 1 is 1.27 bits per heavy atom. The predicted molar refractivity (Wildman–Crippen MR) is 85.1 cm³/mol. The number of amides is 1. The topological polar surface area (TPSA) is 62.7 Å². The summed E-state index contributed by atoms with van der Waals surface area (Å²) in [5, 5.41) is 0.988. The van der Waals surface area contributed by atoms with Crippen molar-refractivity contribution < 1.29 is 14.3 Å². The third-order valence-corrected chi connectivity index (χ3v) is 4.73. The molecule has 7 heteroatoms. The lowest BCUT2D eigenvalue weighted by molar-refractivity contribution is -0.144. The lowest BCUT2D eigenvalue weighted by Crippen LogP contribution is -2.36. The number of esters is 1. The van der Waals surface area contributed by atoms with Crippen LogP contribution in [0.5, 0.6) is 0 Å². The first-order valence-corrected chi connectivity index (χ1v) is 8.57. The molecule has 1 aliphatic heterocycles. The van der Waals surface area contributed by atoms with Gasteiger partial charge in [-0.2, -0.15) is 0 Å². The Balaban J connectivity index is 1.89. The van der Waals surface area contributed by atoms with Crippen molar-refractivity contribution in [2.24, 2.45) is 0 Å². The zero-order chi connectivity index (χ0) is 15.9. The number of nitrogens with zero attached hydrogens (tertiary/aromatic N) is 3. The fourth-order valence-electron chi connectivity index (χ4n) is 2.45. The maximum atomic E-state index is 12.5. The molecule has 122 valence electrons. The van der Waals surface area contributed by atoms with Gasteiger partial charge in [0.1, 0.15) is 4.88 Å². The van der Waals surface area contributed by atoms with Gasteiger partial charge in [-0.3, -0.25) is 14.5 Å². The Bertz CT molecular complexity index is 518. The van der Waals surface area contributed by atoms with E-state index in [0.717, 1.165) is 30.9 Å². The highest BCUT2D eigenvalue weighted by Gasteiger charge is 2.23. The lowest BCUT2D eigenvalue weighted by atomic mass is 10.3. The van der Waals surface area contributed by atoms with Crippen molar-refractivity contribution >= 4 is 23.2 Å². The fourth-order valence-corrected chi connectivity index (χ4v) is 3.28. The summed E-state index contributed by atoms with van der Waals surface area (Å²) in [7, 11) is 0. The number of aryl methyl sites for hydroxylation is 1. The Morgan fingerprint density at radius 2 is 2.09 bits per heavy atom. The van der Waals surface area contributed by atoms with E-state index in [4.69, 9.17) is 4.74 Å². The van der Waals surface area contributed by atoms with Gasteiger partial charge in [0.15, 0.2) is 0 Å². The molecule has 0 radical (unpaired) electrons. The monoisotopic (exact) mass is 325 g/mol. The third kappa shape index (κ3) is 4.51. The van der Waals surface area contributed by atoms with Crippen molar-refractivity contribution in [3.63, 3.8) is 0 Å². The van der Waals surface area contributed by atoms with E-state index in [9.17, 15) is 9.59 Å². The summed E-state index contributed by atoms with van der Waals surface area (Å²) < 4.78 is 4.98. The van der Waals surface area contributed by atoms with E-state index in [-0.39, 0.29) is 11.9 Å². The lowest BCUT2D eigenvalue weighted by Gasteiger charge is -2.20. The van der Waals surface area contributed by atoms with Crippen LogP contribution in [0.2, 0.25) is 0 Å². The maximum absolute atomic E-state index is 12.5. The van der Waals surface area contributed by atoms with Gasteiger partial charge < -0.3 is 9.64 Å². The molecule has 6 nitrogen and oxygen atoms in total. The minimum Gasteiger partial charge on any atom is -0.465 e. The van der Waals surface area contributed by atoms with Gasteiger partial charge in [-0.25, -0.2) is 4.98 Å². The maximum Gasteiger partial charge on any atom is 0.320 e. The summed E-state index contributed by atoms with van der Waals surface area (Å²) in [6.45, 7) is 7.41. The van der Waals surface area contributed by atoms with E-state index < -0.39 is 0 Å². The second-order valence-corrected chi connectivity index (χ2v) is 6.31. The van der Waals surface area contributed by atoms with Gasteiger partial charge in [0.2, 0.25) is 0 Å². The van der Waals surface area contributed by atoms with Crippen LogP contribution < -0.4 is 0 Å². The van der Waals surface area contributed by atoms with Gasteiger partial charge in [-0.1, -0.05) is 6.92 Å². The molecule has 0 unspecified atom stereocenters. The molecule has 0 bridgehead atoms. The molecular formula is C15H23N3O3S. The van der Waals surface area contributed by atoms with Crippen LogP contribution in [0.4, 0.5) is 0 Å². The first kappa shape index (κ1) is 16.9. The van der Waals surface area contributed by atoms with Crippen LogP contribution in [0.1, 0.15) is 34.9 Å². The van der Waals surface area contributed by atoms with Crippen LogP contribution in [0.15, 0.2) is 6.20 Å². The van der Waals surface area contributed by atoms with Crippen LogP contribution >= 0.6 is 11.3 Å². The molecule has 2 heterocycles. The first-order valence-electron chi connectivity index (χ1n) is 7.76. The zero-order valence-corrected chi connectivity index (χ0v) is 14.0. The van der Waals surface area contributed by atoms with Crippen molar-refractivity contribution in [3.05, 3.63) is 16.1 Å². The van der Waals surface area contributed by atoms with E-state index in [1.54, 1.807) is 13.1 Å². The molecule has 22 heavy (non-hydrogen) atoms. The first-order chi connectivity index (χ1) is 10.6. The normalized spacial score (nSPS) is 16.4. The summed E-state index contributed by atoms with van der Waals surface area (Å²) in [6.07, 6.45) is 3.39. The molecule has 0 spiro atoms. The molecule has 0 N–H and O–H groups in total. The summed E-state index contributed by atoms with van der Waals surface area (Å²) in [4.78, 5) is 32.9. The molecule has 0 aromatic carbocycles. The number of hydrogen-bond donors (Lipinski definition) is 0. The van der Waals surface area contributed by atoms with Gasteiger partial charge >= 0.3 is 5.97 Å². The SMILES string of the molecule is CCOC(=O)CN1CCCN(C(=O)c2cnc(CC)s2)CC1. The number of carbonyl (C=O) groups excluding carboxylic acids is 2. The van der Waals surface area contributed by atoms with Crippen LogP contribution in [0, 0.1) is 0 Å². The van der Waals surface area contributed by atoms with Crippen LogP contribution in [0.3, 0.4) is 0 Å². The smallest absolute Gasteiger partial charge is 0.320 e. The van der Waals surface area contributed by atoms with Crippen molar-refractivity contribution in [1.82, 2.24) is 14.8 Å². The number of ether oxygens (including phenoxy) is 1. The molecule has 1 fully saturated rings. The quantitative estimate of drug-likeness (QED) is 0.766. The Morgan fingerprint density at radius 3 is 2.77 bits per heavy atom. The number of aromatic nitrogens is 1. The highest BCUT2D eigenvalue weighted by molar-refractivity contribution is 7.13. The van der Waals surface area contributed by atoms with E-state index in [2.05, 4.69) is 9.88 Å². The Hall–Kier alpha value is -1.47. The second-order valence-electron chi connectivity index (χ2n) is 5.20. The van der Waals surface area contributed by atoms with E-state index >= 15 is 0 Å². The molecule has 0 saturated carbocycles. The molecule has 2 rings (SSSR count). The molecule has 1 aromatic rings. The van der Waals surface area contributed by atoms with Crippen molar-refractivity contribution in [2.75, 3.05) is 39.3 Å². The van der Waals surface area contributed by atoms with Crippen LogP contribution in [0.25, 0.3) is 0 Å². The van der Waals surface area contributed by atoms with Gasteiger partial charge in [-0.05, 0) is 19.8 Å². The molecule has 1 aromatic heterocycles. The summed E-state index contributed by atoms with van der Waals surface area (Å²) in [6, 6.07) is 0. The average Bonchev–Trinajstić information content (AvgIpc) is 2.87. The standard InChI is InChI=1S/C15H23N3O3S/c1-3-13-16-10-12(22-13)15(20)18-7-5-6-17(8-9-18)11-14(19)21-4-2/h10H,3-9,11H2,1-2H3. The summed E-state index contributed by atoms with van der Waals surface area (Å²) in [5.41, 5.74) is 0. The fraction of sp³-hybridized carbons (Fsp3) is 0.667. The Labute approximate surface area is 135 Å². The predicted octanol–water partition coefficient (Wildman–Crippen LogP) is 1.42. The molecule has 0 aliphatic carbocycles. The van der Waals surface area contributed by atoms with Crippen molar-refractivity contribution in [1.29, 1.82) is 0 Å².